The maximum atomic E-state index is 12.2. The molecular formula is C17H18N4O5S. The monoisotopic (exact) mass is 390 g/mol. The molecule has 0 saturated carbocycles. The molecule has 4 N–H and O–H groups in total. The summed E-state index contributed by atoms with van der Waals surface area (Å²) in [6.07, 6.45) is -0.355. The Labute approximate surface area is 158 Å². The van der Waals surface area contributed by atoms with Crippen molar-refractivity contribution in [1.82, 2.24) is 9.97 Å². The minimum absolute atomic E-state index is 0.0864. The molecule has 142 valence electrons. The summed E-state index contributed by atoms with van der Waals surface area (Å²) in [6.45, 7) is 1.84. The molecule has 1 aromatic carbocycles. The number of carbonyl (C=O) groups excluding carboxylic acids is 3. The van der Waals surface area contributed by atoms with Crippen molar-refractivity contribution in [2.75, 3.05) is 23.4 Å². The van der Waals surface area contributed by atoms with Gasteiger partial charge >= 0.3 is 5.97 Å². The number of thioether (sulfide) groups is 1. The van der Waals surface area contributed by atoms with Gasteiger partial charge in [-0.3, -0.25) is 24.2 Å². The maximum absolute atomic E-state index is 12.2. The zero-order chi connectivity index (χ0) is 19.8. The van der Waals surface area contributed by atoms with Gasteiger partial charge in [-0.1, -0.05) is 30.0 Å². The summed E-state index contributed by atoms with van der Waals surface area (Å²) in [5.74, 6) is -1.75. The van der Waals surface area contributed by atoms with Crippen molar-refractivity contribution < 1.29 is 19.1 Å². The van der Waals surface area contributed by atoms with E-state index in [0.29, 0.717) is 5.56 Å². The van der Waals surface area contributed by atoms with Gasteiger partial charge in [-0.05, 0) is 19.1 Å². The van der Waals surface area contributed by atoms with Gasteiger partial charge in [0.05, 0.1) is 12.4 Å². The van der Waals surface area contributed by atoms with Crippen molar-refractivity contribution in [3.8, 4) is 0 Å². The number of hydrogen-bond donors (Lipinski definition) is 3. The van der Waals surface area contributed by atoms with Crippen LogP contribution in [-0.2, 0) is 14.3 Å². The van der Waals surface area contributed by atoms with Gasteiger partial charge in [-0.15, -0.1) is 0 Å². The molecule has 0 aliphatic rings. The number of nitrogen functional groups attached to an aromatic ring is 1. The Morgan fingerprint density at radius 3 is 2.59 bits per heavy atom. The van der Waals surface area contributed by atoms with Crippen LogP contribution in [0.15, 0.2) is 40.3 Å². The molecule has 0 atom stereocenters. The van der Waals surface area contributed by atoms with Gasteiger partial charge in [-0.2, -0.15) is 0 Å². The van der Waals surface area contributed by atoms with Gasteiger partial charge in [-0.25, -0.2) is 4.98 Å². The molecule has 2 rings (SSSR count). The van der Waals surface area contributed by atoms with Crippen LogP contribution in [0.2, 0.25) is 0 Å². The van der Waals surface area contributed by atoms with E-state index in [1.165, 1.54) is 0 Å². The van der Waals surface area contributed by atoms with E-state index >= 15 is 0 Å². The Morgan fingerprint density at radius 2 is 1.96 bits per heavy atom. The molecule has 1 aromatic heterocycles. The van der Waals surface area contributed by atoms with Crippen molar-refractivity contribution >= 4 is 40.9 Å². The predicted octanol–water partition coefficient (Wildman–Crippen LogP) is 1.22. The number of benzene rings is 1. The number of nitrogens with one attached hydrogen (secondary N) is 2. The summed E-state index contributed by atoms with van der Waals surface area (Å²) >= 11 is 0.924. The van der Waals surface area contributed by atoms with E-state index in [9.17, 15) is 19.2 Å². The molecule has 9 nitrogen and oxygen atoms in total. The van der Waals surface area contributed by atoms with Crippen LogP contribution >= 0.6 is 11.8 Å². The molecule has 0 unspecified atom stereocenters. The van der Waals surface area contributed by atoms with Crippen LogP contribution in [-0.4, -0.2) is 40.0 Å². The van der Waals surface area contributed by atoms with Gasteiger partial charge in [0.25, 0.3) is 11.5 Å². The molecule has 27 heavy (non-hydrogen) atoms. The number of ketones is 1. The Bertz CT molecular complexity index is 898. The summed E-state index contributed by atoms with van der Waals surface area (Å²) in [5, 5.41) is 2.52. The number of aromatic amines is 1. The van der Waals surface area contributed by atoms with Gasteiger partial charge < -0.3 is 15.8 Å². The third kappa shape index (κ3) is 5.96. The van der Waals surface area contributed by atoms with Crippen molar-refractivity contribution in [2.45, 2.75) is 18.5 Å². The first-order valence-electron chi connectivity index (χ1n) is 7.97. The van der Waals surface area contributed by atoms with E-state index in [-0.39, 0.29) is 41.2 Å². The minimum atomic E-state index is -0.646. The van der Waals surface area contributed by atoms with E-state index in [2.05, 4.69) is 20.0 Å². The molecule has 1 amide bonds. The number of anilines is 2. The maximum Gasteiger partial charge on any atom is 0.313 e. The number of amides is 1. The van der Waals surface area contributed by atoms with E-state index in [4.69, 9.17) is 5.73 Å². The zero-order valence-electron chi connectivity index (χ0n) is 14.5. The summed E-state index contributed by atoms with van der Waals surface area (Å²) in [6, 6.07) is 8.31. The number of hydrogen-bond acceptors (Lipinski definition) is 8. The molecule has 0 spiro atoms. The second-order valence-corrected chi connectivity index (χ2v) is 6.22. The van der Waals surface area contributed by atoms with Crippen LogP contribution in [0.4, 0.5) is 11.5 Å². The molecule has 0 fully saturated rings. The van der Waals surface area contributed by atoms with E-state index < -0.39 is 17.4 Å². The highest BCUT2D eigenvalue weighted by Gasteiger charge is 2.15. The van der Waals surface area contributed by atoms with Gasteiger partial charge in [0.2, 0.25) is 0 Å². The lowest BCUT2D eigenvalue weighted by molar-refractivity contribution is -0.145. The first-order chi connectivity index (χ1) is 12.9. The van der Waals surface area contributed by atoms with E-state index in [0.717, 1.165) is 11.8 Å². The number of carbonyl (C=O) groups is 3. The van der Waals surface area contributed by atoms with Crippen LogP contribution < -0.4 is 16.6 Å². The quantitative estimate of drug-likeness (QED) is 0.264. The highest BCUT2D eigenvalue weighted by Crippen LogP contribution is 2.17. The number of nitrogens with zero attached hydrogens (tertiary/aromatic N) is 1. The van der Waals surface area contributed by atoms with E-state index in [1.807, 2.05) is 0 Å². The first kappa shape index (κ1) is 20.2. The number of rotatable bonds is 8. The second-order valence-electron chi connectivity index (χ2n) is 5.26. The normalized spacial score (nSPS) is 10.3. The molecule has 0 radical (unpaired) electrons. The first-order valence-corrected chi connectivity index (χ1v) is 8.95. The zero-order valence-corrected chi connectivity index (χ0v) is 15.3. The number of ether oxygens (including phenoxy) is 1. The molecule has 0 saturated heterocycles. The standard InChI is InChI=1S/C17H18N4O5S/c1-2-26-12(23)8-11(22)9-27-17-20-14(18)13(16(25)21-17)19-15(24)10-6-4-3-5-7-10/h3-7H,2,8-9H2,1H3,(H,19,24)(H3,18,20,21,25). The molecule has 0 aliphatic carbocycles. The fourth-order valence-corrected chi connectivity index (χ4v) is 2.73. The predicted molar refractivity (Wildman–Crippen MR) is 101 cm³/mol. The SMILES string of the molecule is CCOC(=O)CC(=O)CSc1nc(N)c(NC(=O)c2ccccc2)c(=O)[nH]1. The van der Waals surface area contributed by atoms with Crippen LogP contribution in [0, 0.1) is 0 Å². The average molecular weight is 390 g/mol. The second kappa shape index (κ2) is 9.53. The van der Waals surface area contributed by atoms with Gasteiger partial charge in [0, 0.05) is 5.56 Å². The van der Waals surface area contributed by atoms with Crippen molar-refractivity contribution in [3.05, 3.63) is 46.2 Å². The lowest BCUT2D eigenvalue weighted by atomic mass is 10.2. The highest BCUT2D eigenvalue weighted by atomic mass is 32.2. The summed E-state index contributed by atoms with van der Waals surface area (Å²) in [5.41, 5.74) is 5.30. The van der Waals surface area contributed by atoms with Crippen LogP contribution in [0.5, 0.6) is 0 Å². The molecule has 10 heteroatoms. The number of nitrogens with two attached hydrogens (primary N) is 1. The Balaban J connectivity index is 2.02. The van der Waals surface area contributed by atoms with Gasteiger partial charge in [0.15, 0.2) is 16.8 Å². The number of aromatic nitrogens is 2. The van der Waals surface area contributed by atoms with Crippen molar-refractivity contribution in [2.24, 2.45) is 0 Å². The molecule has 2 aromatic rings. The van der Waals surface area contributed by atoms with E-state index in [1.54, 1.807) is 37.3 Å². The molecular weight excluding hydrogens is 372 g/mol. The largest absolute Gasteiger partial charge is 0.466 e. The third-order valence-corrected chi connectivity index (χ3v) is 4.15. The topological polar surface area (TPSA) is 144 Å². The van der Waals surface area contributed by atoms with Gasteiger partial charge in [0.1, 0.15) is 12.1 Å². The lowest BCUT2D eigenvalue weighted by Gasteiger charge is -2.08. The fraction of sp³-hybridized carbons (Fsp3) is 0.235. The number of Topliss-reactive ketones (excluding diaryl/α,β-unsaturated/α-hetero) is 1. The number of H-pyrrole nitrogens is 1. The lowest BCUT2D eigenvalue weighted by Crippen LogP contribution is -2.23. The van der Waals surface area contributed by atoms with Crippen LogP contribution in [0.25, 0.3) is 0 Å². The van der Waals surface area contributed by atoms with Crippen molar-refractivity contribution in [3.63, 3.8) is 0 Å². The smallest absolute Gasteiger partial charge is 0.313 e. The molecule has 0 bridgehead atoms. The summed E-state index contributed by atoms with van der Waals surface area (Å²) < 4.78 is 4.69. The average Bonchev–Trinajstić information content (AvgIpc) is 2.63. The highest BCUT2D eigenvalue weighted by molar-refractivity contribution is 7.99. The van der Waals surface area contributed by atoms with Crippen molar-refractivity contribution in [1.29, 1.82) is 0 Å². The third-order valence-electron chi connectivity index (χ3n) is 3.22. The van der Waals surface area contributed by atoms with Crippen LogP contribution in [0.3, 0.4) is 0 Å². The van der Waals surface area contributed by atoms with Crippen LogP contribution in [0.1, 0.15) is 23.7 Å². The Hall–Kier alpha value is -3.14. The minimum Gasteiger partial charge on any atom is -0.466 e. The molecule has 1 heterocycles. The molecule has 0 aliphatic heterocycles. The summed E-state index contributed by atoms with van der Waals surface area (Å²) in [4.78, 5) is 53.7. The number of esters is 1. The fourth-order valence-electron chi connectivity index (χ4n) is 2.01. The summed E-state index contributed by atoms with van der Waals surface area (Å²) in [7, 11) is 0. The Kier molecular flexibility index (Phi) is 7.12. The Morgan fingerprint density at radius 1 is 1.26 bits per heavy atom.